The van der Waals surface area contributed by atoms with Crippen LogP contribution >= 0.6 is 0 Å². The fourth-order valence-electron chi connectivity index (χ4n) is 5.31. The molecule has 52 heavy (non-hydrogen) atoms. The third-order valence-corrected chi connectivity index (χ3v) is 7.67. The van der Waals surface area contributed by atoms with Crippen LogP contribution in [0.1, 0.15) is 99.1 Å². The number of nitrogens with one attached hydrogen (secondary N) is 5. The van der Waals surface area contributed by atoms with Crippen molar-refractivity contribution in [2.24, 2.45) is 5.92 Å². The second-order valence-corrected chi connectivity index (χ2v) is 15.7. The number of alkyl carbamates (subject to hydrolysis) is 2. The van der Waals surface area contributed by atoms with Gasteiger partial charge in [-0.1, -0.05) is 74.5 Å². The molecule has 288 valence electrons. The van der Waals surface area contributed by atoms with Crippen LogP contribution in [-0.2, 0) is 36.7 Å². The molecule has 2 rings (SSSR count). The average molecular weight is 724 g/mol. The Hall–Kier alpha value is -4.61. The summed E-state index contributed by atoms with van der Waals surface area (Å²) in [4.78, 5) is 66.1. The molecule has 0 aliphatic carbocycles. The zero-order valence-corrected chi connectivity index (χ0v) is 32.5. The lowest BCUT2D eigenvalue weighted by molar-refractivity contribution is -0.133. The summed E-state index contributed by atoms with van der Waals surface area (Å²) < 4.78 is 10.7. The van der Waals surface area contributed by atoms with E-state index in [2.05, 4.69) is 26.6 Å². The SMILES string of the molecule is CC(C)C[C@@H](NC(=O)[C@@H](Cc1ccccc1)NC(=O)[C@@H](Cc1ccccc1)NC(=O)OC(C)(C)C)C(=O)N[C@H](C)CCCCNC(=O)OC(C)(C)C. The zero-order chi connectivity index (χ0) is 38.9. The van der Waals surface area contributed by atoms with Crippen molar-refractivity contribution >= 4 is 29.9 Å². The van der Waals surface area contributed by atoms with Crippen molar-refractivity contribution in [2.45, 2.75) is 136 Å². The van der Waals surface area contributed by atoms with Crippen molar-refractivity contribution in [1.82, 2.24) is 26.6 Å². The minimum Gasteiger partial charge on any atom is -0.444 e. The normalized spacial score (nSPS) is 13.9. The maximum absolute atomic E-state index is 14.0. The molecule has 0 bridgehead atoms. The summed E-state index contributed by atoms with van der Waals surface area (Å²) in [5.74, 6) is -1.32. The number of ether oxygens (including phenoxy) is 2. The Balaban J connectivity index is 2.16. The smallest absolute Gasteiger partial charge is 0.408 e. The van der Waals surface area contributed by atoms with Gasteiger partial charge in [0.2, 0.25) is 17.7 Å². The van der Waals surface area contributed by atoms with Crippen LogP contribution in [-0.4, -0.2) is 71.8 Å². The van der Waals surface area contributed by atoms with Gasteiger partial charge in [0.1, 0.15) is 29.3 Å². The first-order chi connectivity index (χ1) is 24.3. The van der Waals surface area contributed by atoms with Crippen molar-refractivity contribution in [2.75, 3.05) is 6.54 Å². The summed E-state index contributed by atoms with van der Waals surface area (Å²) >= 11 is 0. The van der Waals surface area contributed by atoms with Crippen LogP contribution in [0.3, 0.4) is 0 Å². The molecule has 0 radical (unpaired) electrons. The Morgan fingerprint density at radius 3 is 1.50 bits per heavy atom. The monoisotopic (exact) mass is 723 g/mol. The van der Waals surface area contributed by atoms with E-state index in [1.165, 1.54) is 0 Å². The van der Waals surface area contributed by atoms with Gasteiger partial charge in [-0.3, -0.25) is 14.4 Å². The molecule has 0 aliphatic rings. The molecule has 0 unspecified atom stereocenters. The van der Waals surface area contributed by atoms with Gasteiger partial charge in [-0.15, -0.1) is 0 Å². The van der Waals surface area contributed by atoms with Crippen molar-refractivity contribution in [3.8, 4) is 0 Å². The van der Waals surface area contributed by atoms with Crippen molar-refractivity contribution < 1.29 is 33.4 Å². The first-order valence-electron chi connectivity index (χ1n) is 18.3. The van der Waals surface area contributed by atoms with E-state index < -0.39 is 53.3 Å². The fourth-order valence-corrected chi connectivity index (χ4v) is 5.31. The van der Waals surface area contributed by atoms with Gasteiger partial charge in [0, 0.05) is 25.4 Å². The summed E-state index contributed by atoms with van der Waals surface area (Å²) in [5.41, 5.74) is 0.268. The van der Waals surface area contributed by atoms with Gasteiger partial charge in [-0.05, 0) is 91.2 Å². The highest BCUT2D eigenvalue weighted by molar-refractivity contribution is 5.94. The number of amides is 5. The molecule has 4 atom stereocenters. The molecule has 2 aromatic rings. The molecular weight excluding hydrogens is 662 g/mol. The van der Waals surface area contributed by atoms with Gasteiger partial charge in [0.05, 0.1) is 0 Å². The number of carbonyl (C=O) groups is 5. The average Bonchev–Trinajstić information content (AvgIpc) is 3.02. The van der Waals surface area contributed by atoms with E-state index in [9.17, 15) is 24.0 Å². The van der Waals surface area contributed by atoms with E-state index in [1.807, 2.05) is 81.4 Å². The minimum absolute atomic E-state index is 0.0840. The molecule has 0 fully saturated rings. The first-order valence-corrected chi connectivity index (χ1v) is 18.3. The highest BCUT2D eigenvalue weighted by Crippen LogP contribution is 2.12. The van der Waals surface area contributed by atoms with E-state index in [-0.39, 0.29) is 30.7 Å². The Kier molecular flexibility index (Phi) is 17.6. The summed E-state index contributed by atoms with van der Waals surface area (Å²) in [5, 5.41) is 14.2. The van der Waals surface area contributed by atoms with Crippen molar-refractivity contribution in [1.29, 1.82) is 0 Å². The van der Waals surface area contributed by atoms with E-state index in [0.29, 0.717) is 25.8 Å². The minimum atomic E-state index is -1.05. The highest BCUT2D eigenvalue weighted by Gasteiger charge is 2.31. The number of rotatable bonds is 18. The molecule has 12 heteroatoms. The molecule has 2 aromatic carbocycles. The summed E-state index contributed by atoms with van der Waals surface area (Å²) in [6, 6.07) is 15.4. The van der Waals surface area contributed by atoms with Gasteiger partial charge in [-0.25, -0.2) is 9.59 Å². The summed E-state index contributed by atoms with van der Waals surface area (Å²) in [6.07, 6.45) is 1.62. The number of benzene rings is 2. The van der Waals surface area contributed by atoms with Crippen LogP contribution in [0.2, 0.25) is 0 Å². The zero-order valence-electron chi connectivity index (χ0n) is 32.5. The van der Waals surface area contributed by atoms with Gasteiger partial charge in [0.25, 0.3) is 0 Å². The number of unbranched alkanes of at least 4 members (excludes halogenated alkanes) is 1. The third-order valence-electron chi connectivity index (χ3n) is 7.67. The van der Waals surface area contributed by atoms with Gasteiger partial charge in [0.15, 0.2) is 0 Å². The van der Waals surface area contributed by atoms with Crippen molar-refractivity contribution in [3.63, 3.8) is 0 Å². The highest BCUT2D eigenvalue weighted by atomic mass is 16.6. The fraction of sp³-hybridized carbons (Fsp3) is 0.575. The molecule has 0 heterocycles. The Morgan fingerprint density at radius 1 is 0.577 bits per heavy atom. The maximum atomic E-state index is 14.0. The van der Waals surface area contributed by atoms with Crippen LogP contribution in [0.25, 0.3) is 0 Å². The Labute approximate surface area is 309 Å². The van der Waals surface area contributed by atoms with Gasteiger partial charge < -0.3 is 36.1 Å². The largest absolute Gasteiger partial charge is 0.444 e. The topological polar surface area (TPSA) is 164 Å². The van der Waals surface area contributed by atoms with Gasteiger partial charge >= 0.3 is 12.2 Å². The predicted octanol–water partition coefficient (Wildman–Crippen LogP) is 5.58. The summed E-state index contributed by atoms with van der Waals surface area (Å²) in [7, 11) is 0. The molecule has 0 saturated heterocycles. The quantitative estimate of drug-likeness (QED) is 0.125. The van der Waals surface area contributed by atoms with Crippen LogP contribution < -0.4 is 26.6 Å². The molecular formula is C40H61N5O7. The van der Waals surface area contributed by atoms with E-state index in [1.54, 1.807) is 41.5 Å². The molecule has 0 saturated carbocycles. The lowest BCUT2D eigenvalue weighted by Gasteiger charge is -2.27. The lowest BCUT2D eigenvalue weighted by Crippen LogP contribution is -2.58. The first kappa shape index (κ1) is 43.6. The van der Waals surface area contributed by atoms with Crippen LogP contribution in [0.5, 0.6) is 0 Å². The Bertz CT molecular complexity index is 1420. The molecule has 12 nitrogen and oxygen atoms in total. The third kappa shape index (κ3) is 18.6. The lowest BCUT2D eigenvalue weighted by atomic mass is 10.00. The predicted molar refractivity (Wildman–Crippen MR) is 202 cm³/mol. The van der Waals surface area contributed by atoms with Crippen LogP contribution in [0.15, 0.2) is 60.7 Å². The van der Waals surface area contributed by atoms with Gasteiger partial charge in [-0.2, -0.15) is 0 Å². The standard InChI is InChI=1S/C40H61N5O7/c1-27(2)24-31(34(46)42-28(3)18-16-17-23-41-37(49)51-39(4,5)6)43-35(47)32(25-29-19-12-10-13-20-29)44-36(48)33(26-30-21-14-11-15-22-30)45-38(50)52-40(7,8)9/h10-15,19-22,27-28,31-33H,16-18,23-26H2,1-9H3,(H,41,49)(H,42,46)(H,43,47)(H,44,48)(H,45,50)/t28-,31-,32-,33-/m1/s1. The molecule has 5 amide bonds. The van der Waals surface area contributed by atoms with Crippen LogP contribution in [0.4, 0.5) is 9.59 Å². The molecule has 0 aromatic heterocycles. The van der Waals surface area contributed by atoms with Crippen molar-refractivity contribution in [3.05, 3.63) is 71.8 Å². The van der Waals surface area contributed by atoms with E-state index in [4.69, 9.17) is 9.47 Å². The second-order valence-electron chi connectivity index (χ2n) is 15.7. The summed E-state index contributed by atoms with van der Waals surface area (Å²) in [6.45, 7) is 16.9. The van der Waals surface area contributed by atoms with E-state index >= 15 is 0 Å². The molecule has 0 spiro atoms. The van der Waals surface area contributed by atoms with E-state index in [0.717, 1.165) is 17.5 Å². The molecule has 5 N–H and O–H groups in total. The van der Waals surface area contributed by atoms with Crippen LogP contribution in [0, 0.1) is 5.92 Å². The number of carbonyl (C=O) groups excluding carboxylic acids is 5. The Morgan fingerprint density at radius 2 is 1.02 bits per heavy atom. The number of hydrogen-bond donors (Lipinski definition) is 5. The maximum Gasteiger partial charge on any atom is 0.408 e. The number of hydrogen-bond acceptors (Lipinski definition) is 7. The molecule has 0 aliphatic heterocycles. The second kappa shape index (κ2) is 21.0.